The summed E-state index contributed by atoms with van der Waals surface area (Å²) >= 11 is 0. The summed E-state index contributed by atoms with van der Waals surface area (Å²) in [6, 6.07) is 8.27. The van der Waals surface area contributed by atoms with Crippen LogP contribution in [0.5, 0.6) is 11.5 Å². The lowest BCUT2D eigenvalue weighted by molar-refractivity contribution is 0.469. The van der Waals surface area contributed by atoms with Crippen molar-refractivity contribution in [1.29, 1.82) is 0 Å². The molecular formula is C25H32N2O2. The van der Waals surface area contributed by atoms with Gasteiger partial charge in [0.05, 0.1) is 12.1 Å². The minimum atomic E-state index is 0.105. The lowest BCUT2D eigenvalue weighted by Gasteiger charge is -2.13. The molecule has 3 rings (SSSR count). The van der Waals surface area contributed by atoms with Crippen molar-refractivity contribution in [2.45, 2.75) is 71.9 Å². The number of hydrogen-bond acceptors (Lipinski definition) is 4. The molecule has 29 heavy (non-hydrogen) atoms. The molecule has 2 N–H and O–H groups in total. The van der Waals surface area contributed by atoms with Gasteiger partial charge in [-0.2, -0.15) is 0 Å². The predicted molar refractivity (Wildman–Crippen MR) is 121 cm³/mol. The summed E-state index contributed by atoms with van der Waals surface area (Å²) in [5.74, 6) is 0.613. The zero-order valence-corrected chi connectivity index (χ0v) is 17.9. The van der Waals surface area contributed by atoms with Gasteiger partial charge in [-0.25, -0.2) is 0 Å². The largest absolute Gasteiger partial charge is 0.507 e. The van der Waals surface area contributed by atoms with Gasteiger partial charge < -0.3 is 10.2 Å². The maximum absolute atomic E-state index is 10.4. The summed E-state index contributed by atoms with van der Waals surface area (Å²) < 4.78 is 0. The first kappa shape index (κ1) is 21.1. The van der Waals surface area contributed by atoms with Crippen molar-refractivity contribution in [1.82, 2.24) is 0 Å². The number of benzene rings is 2. The topological polar surface area (TPSA) is 65.2 Å². The maximum Gasteiger partial charge on any atom is 0.127 e. The first-order valence-corrected chi connectivity index (χ1v) is 10.6. The quantitative estimate of drug-likeness (QED) is 0.655. The minimum Gasteiger partial charge on any atom is -0.507 e. The molecule has 0 aromatic heterocycles. The molecule has 2 unspecified atom stereocenters. The fourth-order valence-corrected chi connectivity index (χ4v) is 3.99. The predicted octanol–water partition coefficient (Wildman–Crippen LogP) is 5.30. The summed E-state index contributed by atoms with van der Waals surface area (Å²) in [5, 5.41) is 20.7. The smallest absolute Gasteiger partial charge is 0.127 e. The summed E-state index contributed by atoms with van der Waals surface area (Å²) in [7, 11) is 0. The van der Waals surface area contributed by atoms with Crippen LogP contribution in [0.3, 0.4) is 0 Å². The zero-order valence-electron chi connectivity index (χ0n) is 17.9. The van der Waals surface area contributed by atoms with Crippen LogP contribution in [-0.2, 0) is 12.8 Å². The maximum atomic E-state index is 10.4. The van der Waals surface area contributed by atoms with Gasteiger partial charge in [-0.1, -0.05) is 26.0 Å². The lowest BCUT2D eigenvalue weighted by atomic mass is 10.0. The second-order valence-electron chi connectivity index (χ2n) is 8.03. The van der Waals surface area contributed by atoms with E-state index < -0.39 is 0 Å². The number of aliphatic imine (C=N–C) groups is 2. The lowest BCUT2D eigenvalue weighted by Crippen LogP contribution is -2.16. The summed E-state index contributed by atoms with van der Waals surface area (Å²) in [4.78, 5) is 9.55. The van der Waals surface area contributed by atoms with Gasteiger partial charge in [0, 0.05) is 23.6 Å². The van der Waals surface area contributed by atoms with Gasteiger partial charge in [0.15, 0.2) is 0 Å². The Bertz CT molecular complexity index is 855. The van der Waals surface area contributed by atoms with Gasteiger partial charge in [0.1, 0.15) is 11.5 Å². The Labute approximate surface area is 174 Å². The van der Waals surface area contributed by atoms with Crippen LogP contribution < -0.4 is 0 Å². The molecule has 1 aliphatic rings. The molecule has 1 saturated carbocycles. The zero-order chi connectivity index (χ0) is 21.0. The standard InChI is InChI=1S/C25H32N2O2/c1-5-18-10-16(3)24(28)20(12-18)14-26-22-8-7-9-23(22)27-15-21-13-19(6-2)11-17(4)25(21)29/h10-15,22-23,28-29H,5-9H2,1-4H3. The number of hydrogen-bond donors (Lipinski definition) is 2. The normalized spacial score (nSPS) is 19.6. The highest BCUT2D eigenvalue weighted by Gasteiger charge is 2.25. The third-order valence-electron chi connectivity index (χ3n) is 5.85. The van der Waals surface area contributed by atoms with Crippen molar-refractivity contribution in [3.8, 4) is 11.5 Å². The number of aromatic hydroxyl groups is 2. The summed E-state index contributed by atoms with van der Waals surface area (Å²) in [6.45, 7) is 8.07. The van der Waals surface area contributed by atoms with Crippen LogP contribution in [0.1, 0.15) is 66.5 Å². The molecule has 0 radical (unpaired) electrons. The fourth-order valence-electron chi connectivity index (χ4n) is 3.99. The molecule has 0 saturated heterocycles. The van der Waals surface area contributed by atoms with E-state index in [2.05, 4.69) is 13.8 Å². The molecule has 2 aromatic rings. The molecular weight excluding hydrogens is 360 g/mol. The summed E-state index contributed by atoms with van der Waals surface area (Å²) in [6.07, 6.45) is 8.54. The van der Waals surface area contributed by atoms with Gasteiger partial charge in [0.25, 0.3) is 0 Å². The molecule has 1 fully saturated rings. The number of phenolic OH excluding ortho intramolecular Hbond substituents is 2. The van der Waals surface area contributed by atoms with E-state index in [1.807, 2.05) is 38.1 Å². The highest BCUT2D eigenvalue weighted by molar-refractivity contribution is 5.85. The monoisotopic (exact) mass is 392 g/mol. The van der Waals surface area contributed by atoms with Crippen LogP contribution in [0, 0.1) is 13.8 Å². The van der Waals surface area contributed by atoms with Gasteiger partial charge in [-0.05, 0) is 80.3 Å². The molecule has 0 aliphatic heterocycles. The second-order valence-corrected chi connectivity index (χ2v) is 8.03. The Morgan fingerprint density at radius 1 is 0.793 bits per heavy atom. The van der Waals surface area contributed by atoms with Crippen LogP contribution in [-0.4, -0.2) is 34.7 Å². The minimum absolute atomic E-state index is 0.105. The Hall–Kier alpha value is -2.62. The van der Waals surface area contributed by atoms with Gasteiger partial charge in [-0.15, -0.1) is 0 Å². The molecule has 1 aliphatic carbocycles. The fraction of sp³-hybridized carbons (Fsp3) is 0.440. The molecule has 0 spiro atoms. The van der Waals surface area contributed by atoms with Crippen LogP contribution in [0.25, 0.3) is 0 Å². The number of phenols is 2. The Kier molecular flexibility index (Phi) is 6.73. The van der Waals surface area contributed by atoms with E-state index in [9.17, 15) is 10.2 Å². The Balaban J connectivity index is 1.79. The van der Waals surface area contributed by atoms with E-state index in [4.69, 9.17) is 9.98 Å². The van der Waals surface area contributed by atoms with Crippen molar-refractivity contribution in [2.24, 2.45) is 9.98 Å². The Morgan fingerprint density at radius 2 is 1.21 bits per heavy atom. The third kappa shape index (κ3) is 4.87. The van der Waals surface area contributed by atoms with E-state index in [-0.39, 0.29) is 12.1 Å². The number of aryl methyl sites for hydroxylation is 4. The van der Waals surface area contributed by atoms with Gasteiger partial charge in [0.2, 0.25) is 0 Å². The van der Waals surface area contributed by atoms with Crippen molar-refractivity contribution in [3.05, 3.63) is 57.6 Å². The van der Waals surface area contributed by atoms with E-state index in [0.717, 1.165) is 54.4 Å². The van der Waals surface area contributed by atoms with Crippen LogP contribution in [0.2, 0.25) is 0 Å². The van der Waals surface area contributed by atoms with Crippen molar-refractivity contribution in [3.63, 3.8) is 0 Å². The van der Waals surface area contributed by atoms with E-state index >= 15 is 0 Å². The third-order valence-corrected chi connectivity index (χ3v) is 5.85. The van der Waals surface area contributed by atoms with Crippen LogP contribution in [0.15, 0.2) is 34.3 Å². The first-order chi connectivity index (χ1) is 13.9. The van der Waals surface area contributed by atoms with Gasteiger partial charge in [-0.3, -0.25) is 9.98 Å². The van der Waals surface area contributed by atoms with E-state index in [0.29, 0.717) is 11.5 Å². The SMILES string of the molecule is CCc1cc(C)c(O)c(C=NC2CCCC2N=Cc2cc(CC)cc(C)c2O)c1. The molecule has 154 valence electrons. The first-order valence-electron chi connectivity index (χ1n) is 10.6. The van der Waals surface area contributed by atoms with Gasteiger partial charge >= 0.3 is 0 Å². The highest BCUT2D eigenvalue weighted by atomic mass is 16.3. The molecule has 2 aromatic carbocycles. The second kappa shape index (κ2) is 9.25. The van der Waals surface area contributed by atoms with E-state index in [1.54, 1.807) is 12.4 Å². The van der Waals surface area contributed by atoms with Crippen molar-refractivity contribution in [2.75, 3.05) is 0 Å². The number of rotatable bonds is 6. The van der Waals surface area contributed by atoms with Crippen molar-refractivity contribution >= 4 is 12.4 Å². The average Bonchev–Trinajstić information content (AvgIpc) is 3.17. The molecule has 4 heteroatoms. The summed E-state index contributed by atoms with van der Waals surface area (Å²) in [5.41, 5.74) is 5.72. The van der Waals surface area contributed by atoms with Crippen molar-refractivity contribution < 1.29 is 10.2 Å². The molecule has 0 bridgehead atoms. The highest BCUT2D eigenvalue weighted by Crippen LogP contribution is 2.28. The van der Waals surface area contributed by atoms with Crippen LogP contribution in [0.4, 0.5) is 0 Å². The molecule has 4 nitrogen and oxygen atoms in total. The molecule has 0 amide bonds. The number of nitrogens with zero attached hydrogens (tertiary/aromatic N) is 2. The average molecular weight is 393 g/mol. The van der Waals surface area contributed by atoms with Crippen LogP contribution >= 0.6 is 0 Å². The molecule has 0 heterocycles. The molecule has 2 atom stereocenters. The Morgan fingerprint density at radius 3 is 1.59 bits per heavy atom. The van der Waals surface area contributed by atoms with E-state index in [1.165, 1.54) is 11.1 Å².